The molecule has 0 aliphatic carbocycles. The molecule has 0 unspecified atom stereocenters. The summed E-state index contributed by atoms with van der Waals surface area (Å²) in [7, 11) is 3.93. The Labute approximate surface area is 126 Å². The maximum Gasteiger partial charge on any atom is 0.168 e. The van der Waals surface area contributed by atoms with Gasteiger partial charge in [0, 0.05) is 32.2 Å². The van der Waals surface area contributed by atoms with Crippen LogP contribution < -0.4 is 10.2 Å². The molecule has 1 aromatic heterocycles. The largest absolute Gasteiger partial charge is 0.368 e. The highest BCUT2D eigenvalue weighted by atomic mass is 19.1. The molecule has 0 aromatic carbocycles. The molecule has 0 radical (unpaired) electrons. The Kier molecular flexibility index (Phi) is 7.36. The molecule has 0 aliphatic heterocycles. The van der Waals surface area contributed by atoms with E-state index in [-0.39, 0.29) is 11.6 Å². The topological polar surface area (TPSA) is 31.4 Å². The molecule has 6 heteroatoms. The summed E-state index contributed by atoms with van der Waals surface area (Å²) in [6.45, 7) is 6.76. The molecule has 120 valence electrons. The van der Waals surface area contributed by atoms with Crippen LogP contribution in [0, 0.1) is 11.6 Å². The monoisotopic (exact) mass is 300 g/mol. The van der Waals surface area contributed by atoms with Crippen molar-refractivity contribution in [3.63, 3.8) is 0 Å². The van der Waals surface area contributed by atoms with Gasteiger partial charge in [-0.1, -0.05) is 13.8 Å². The Hall–Kier alpha value is -1.43. The summed E-state index contributed by atoms with van der Waals surface area (Å²) in [5, 5.41) is 2.90. The molecule has 0 atom stereocenters. The second-order valence-electron chi connectivity index (χ2n) is 5.34. The van der Waals surface area contributed by atoms with E-state index in [0.29, 0.717) is 19.6 Å². The number of hydrogen-bond acceptors (Lipinski definition) is 4. The molecule has 0 bridgehead atoms. The second kappa shape index (κ2) is 8.77. The number of hydrogen-bond donors (Lipinski definition) is 1. The van der Waals surface area contributed by atoms with Gasteiger partial charge in [-0.2, -0.15) is 0 Å². The van der Waals surface area contributed by atoms with Crippen LogP contribution in [-0.2, 0) is 0 Å². The summed E-state index contributed by atoms with van der Waals surface area (Å²) in [6.07, 6.45) is 1.73. The Morgan fingerprint density at radius 2 is 1.76 bits per heavy atom. The third-order valence-electron chi connectivity index (χ3n) is 3.06. The lowest BCUT2D eigenvalue weighted by molar-refractivity contribution is 0.411. The Balaban J connectivity index is 2.99. The Bertz CT molecular complexity index is 438. The average Bonchev–Trinajstić information content (AvgIpc) is 2.43. The number of nitrogens with zero attached hydrogens (tertiary/aromatic N) is 3. The van der Waals surface area contributed by atoms with Crippen molar-refractivity contribution in [2.45, 2.75) is 26.7 Å². The van der Waals surface area contributed by atoms with Crippen LogP contribution in [-0.4, -0.2) is 50.2 Å². The number of halogens is 2. The van der Waals surface area contributed by atoms with Crippen LogP contribution in [0.2, 0.25) is 0 Å². The van der Waals surface area contributed by atoms with Gasteiger partial charge in [-0.05, 0) is 26.9 Å². The summed E-state index contributed by atoms with van der Waals surface area (Å²) in [5.41, 5.74) is 0. The fraction of sp³-hybridized carbons (Fsp3) is 0.667. The van der Waals surface area contributed by atoms with Crippen molar-refractivity contribution in [1.82, 2.24) is 9.88 Å². The summed E-state index contributed by atoms with van der Waals surface area (Å²) < 4.78 is 27.8. The minimum atomic E-state index is -0.645. The van der Waals surface area contributed by atoms with E-state index in [1.807, 2.05) is 37.7 Å². The van der Waals surface area contributed by atoms with E-state index >= 15 is 0 Å². The van der Waals surface area contributed by atoms with E-state index in [2.05, 4.69) is 10.3 Å². The van der Waals surface area contributed by atoms with Crippen LogP contribution >= 0.6 is 0 Å². The van der Waals surface area contributed by atoms with Gasteiger partial charge < -0.3 is 15.1 Å². The smallest absolute Gasteiger partial charge is 0.168 e. The highest BCUT2D eigenvalue weighted by Crippen LogP contribution is 2.22. The molecule has 0 fully saturated rings. The molecule has 1 aromatic rings. The van der Waals surface area contributed by atoms with Gasteiger partial charge in [-0.15, -0.1) is 0 Å². The zero-order valence-electron chi connectivity index (χ0n) is 13.4. The average molecular weight is 300 g/mol. The van der Waals surface area contributed by atoms with Gasteiger partial charge in [-0.3, -0.25) is 0 Å². The van der Waals surface area contributed by atoms with Gasteiger partial charge in [0.15, 0.2) is 23.3 Å². The van der Waals surface area contributed by atoms with Crippen molar-refractivity contribution in [2.75, 3.05) is 50.5 Å². The molecule has 1 rings (SSSR count). The maximum absolute atomic E-state index is 14.1. The van der Waals surface area contributed by atoms with E-state index in [9.17, 15) is 8.78 Å². The van der Waals surface area contributed by atoms with Crippen molar-refractivity contribution in [3.8, 4) is 0 Å². The molecular formula is C15H26F2N4. The van der Waals surface area contributed by atoms with Crippen LogP contribution in [0.3, 0.4) is 0 Å². The summed E-state index contributed by atoms with van der Waals surface area (Å²) >= 11 is 0. The maximum atomic E-state index is 14.1. The summed E-state index contributed by atoms with van der Waals surface area (Å²) in [5.74, 6) is -0.909. The lowest BCUT2D eigenvalue weighted by Crippen LogP contribution is -2.33. The number of nitrogens with one attached hydrogen (secondary N) is 1. The highest BCUT2D eigenvalue weighted by molar-refractivity contribution is 5.49. The first-order valence-corrected chi connectivity index (χ1v) is 7.49. The third-order valence-corrected chi connectivity index (χ3v) is 3.06. The zero-order valence-corrected chi connectivity index (χ0v) is 13.4. The van der Waals surface area contributed by atoms with E-state index in [1.54, 1.807) is 0 Å². The number of aromatic nitrogens is 1. The Morgan fingerprint density at radius 3 is 2.33 bits per heavy atom. The first kappa shape index (κ1) is 17.6. The lowest BCUT2D eigenvalue weighted by atomic mass is 10.3. The SMILES string of the molecule is CCCNc1nc(N(CCC)CCN(C)C)c(F)cc1F. The van der Waals surface area contributed by atoms with Crippen molar-refractivity contribution in [2.24, 2.45) is 0 Å². The van der Waals surface area contributed by atoms with Gasteiger partial charge >= 0.3 is 0 Å². The van der Waals surface area contributed by atoms with Crippen LogP contribution in [0.15, 0.2) is 6.07 Å². The van der Waals surface area contributed by atoms with Crippen molar-refractivity contribution in [1.29, 1.82) is 0 Å². The minimum Gasteiger partial charge on any atom is -0.368 e. The molecule has 0 saturated carbocycles. The standard InChI is InChI=1S/C15H26F2N4/c1-5-7-18-14-12(16)11-13(17)15(19-14)21(8-6-2)10-9-20(3)4/h11H,5-10H2,1-4H3,(H,18,19). The van der Waals surface area contributed by atoms with Crippen molar-refractivity contribution >= 4 is 11.6 Å². The fourth-order valence-corrected chi connectivity index (χ4v) is 1.96. The van der Waals surface area contributed by atoms with Gasteiger partial charge in [0.25, 0.3) is 0 Å². The quantitative estimate of drug-likeness (QED) is 0.760. The van der Waals surface area contributed by atoms with Gasteiger partial charge in [-0.25, -0.2) is 13.8 Å². The van der Waals surface area contributed by atoms with Crippen LogP contribution in [0.5, 0.6) is 0 Å². The first-order chi connectivity index (χ1) is 9.99. The number of pyridine rings is 1. The summed E-state index contributed by atoms with van der Waals surface area (Å²) in [6, 6.07) is 0.915. The van der Waals surface area contributed by atoms with Gasteiger partial charge in [0.1, 0.15) is 0 Å². The minimum absolute atomic E-state index is 0.124. The van der Waals surface area contributed by atoms with Crippen molar-refractivity contribution in [3.05, 3.63) is 17.7 Å². The molecule has 0 spiro atoms. The molecule has 0 saturated heterocycles. The molecular weight excluding hydrogens is 274 g/mol. The van der Waals surface area contributed by atoms with Gasteiger partial charge in [0.05, 0.1) is 0 Å². The van der Waals surface area contributed by atoms with E-state index in [1.165, 1.54) is 0 Å². The van der Waals surface area contributed by atoms with E-state index < -0.39 is 11.6 Å². The number of likely N-dealkylation sites (N-methyl/N-ethyl adjacent to an activating group) is 1. The van der Waals surface area contributed by atoms with Crippen molar-refractivity contribution < 1.29 is 8.78 Å². The molecule has 0 amide bonds. The fourth-order valence-electron chi connectivity index (χ4n) is 1.96. The summed E-state index contributed by atoms with van der Waals surface area (Å²) in [4.78, 5) is 8.05. The van der Waals surface area contributed by atoms with Crippen LogP contribution in [0.25, 0.3) is 0 Å². The highest BCUT2D eigenvalue weighted by Gasteiger charge is 2.17. The van der Waals surface area contributed by atoms with Gasteiger partial charge in [0.2, 0.25) is 0 Å². The molecule has 1 heterocycles. The normalized spacial score (nSPS) is 11.0. The number of anilines is 2. The van der Waals surface area contributed by atoms with Crippen LogP contribution in [0.4, 0.5) is 20.4 Å². The lowest BCUT2D eigenvalue weighted by Gasteiger charge is -2.25. The van der Waals surface area contributed by atoms with E-state index in [4.69, 9.17) is 0 Å². The van der Waals surface area contributed by atoms with E-state index in [0.717, 1.165) is 25.5 Å². The second-order valence-corrected chi connectivity index (χ2v) is 5.34. The Morgan fingerprint density at radius 1 is 1.05 bits per heavy atom. The van der Waals surface area contributed by atoms with Crippen LogP contribution in [0.1, 0.15) is 26.7 Å². The predicted octanol–water partition coefficient (Wildman–Crippen LogP) is 2.96. The molecule has 1 N–H and O–H groups in total. The first-order valence-electron chi connectivity index (χ1n) is 7.49. The zero-order chi connectivity index (χ0) is 15.8. The molecule has 0 aliphatic rings. The third kappa shape index (κ3) is 5.46. The molecule has 4 nitrogen and oxygen atoms in total. The predicted molar refractivity (Wildman–Crippen MR) is 84.0 cm³/mol. The number of rotatable bonds is 9. The molecule has 21 heavy (non-hydrogen) atoms.